The van der Waals surface area contributed by atoms with Crippen molar-refractivity contribution < 1.29 is 22.7 Å². The highest BCUT2D eigenvalue weighted by Gasteiger charge is 2.33. The van der Waals surface area contributed by atoms with Crippen molar-refractivity contribution in [3.05, 3.63) is 65.5 Å². The summed E-state index contributed by atoms with van der Waals surface area (Å²) in [6.07, 6.45) is 0. The number of hydrogen-bond acceptors (Lipinski definition) is 3. The van der Waals surface area contributed by atoms with Crippen molar-refractivity contribution in [1.82, 2.24) is 0 Å². The number of esters is 1. The topological polar surface area (TPSA) is 52.3 Å². The molecule has 0 spiro atoms. The van der Waals surface area contributed by atoms with Gasteiger partial charge in [0.1, 0.15) is 5.82 Å². The van der Waals surface area contributed by atoms with Gasteiger partial charge in [0.25, 0.3) is 0 Å². The van der Waals surface area contributed by atoms with Gasteiger partial charge in [0.15, 0.2) is 6.61 Å². The van der Waals surface area contributed by atoms with Gasteiger partial charge in [0.2, 0.25) is 0 Å². The van der Waals surface area contributed by atoms with Crippen LogP contribution in [-0.2, 0) is 10.7 Å². The molecule has 0 amide bonds. The van der Waals surface area contributed by atoms with Gasteiger partial charge < -0.3 is 10.5 Å². The molecule has 2 aromatic carbocycles. The minimum atomic E-state index is -3.32. The Morgan fingerprint density at radius 1 is 1.14 bits per heavy atom. The lowest BCUT2D eigenvalue weighted by Crippen LogP contribution is -2.23. The fourth-order valence-electron chi connectivity index (χ4n) is 1.74. The van der Waals surface area contributed by atoms with Crippen LogP contribution >= 0.6 is 0 Å². The quantitative estimate of drug-likeness (QED) is 0.695. The van der Waals surface area contributed by atoms with Crippen molar-refractivity contribution in [2.24, 2.45) is 0 Å². The SMILES string of the molecule is Nc1cc(F)cc(C(=O)OCC(F)(F)c2ccccc2)c1. The third kappa shape index (κ3) is 3.75. The Morgan fingerprint density at radius 3 is 2.43 bits per heavy atom. The smallest absolute Gasteiger partial charge is 0.338 e. The van der Waals surface area contributed by atoms with Crippen LogP contribution in [0.3, 0.4) is 0 Å². The largest absolute Gasteiger partial charge is 0.455 e. The zero-order valence-corrected chi connectivity index (χ0v) is 10.9. The number of carbonyl (C=O) groups excluding carboxylic acids is 1. The maximum Gasteiger partial charge on any atom is 0.338 e. The molecule has 110 valence electrons. The van der Waals surface area contributed by atoms with Crippen LogP contribution in [-0.4, -0.2) is 12.6 Å². The molecule has 0 bridgehead atoms. The summed E-state index contributed by atoms with van der Waals surface area (Å²) in [5, 5.41) is 0. The Morgan fingerprint density at radius 2 is 1.81 bits per heavy atom. The number of rotatable bonds is 4. The highest BCUT2D eigenvalue weighted by Crippen LogP contribution is 2.28. The number of nitrogens with two attached hydrogens (primary N) is 1. The Balaban J connectivity index is 2.07. The highest BCUT2D eigenvalue weighted by molar-refractivity contribution is 5.90. The summed E-state index contributed by atoms with van der Waals surface area (Å²) in [4.78, 5) is 11.6. The number of anilines is 1. The predicted octanol–water partition coefficient (Wildman–Crippen LogP) is 3.36. The molecule has 0 heterocycles. The first-order valence-electron chi connectivity index (χ1n) is 6.05. The molecule has 0 aliphatic carbocycles. The zero-order valence-electron chi connectivity index (χ0n) is 10.9. The lowest BCUT2D eigenvalue weighted by molar-refractivity contribution is -0.0661. The highest BCUT2D eigenvalue weighted by atomic mass is 19.3. The van der Waals surface area contributed by atoms with Gasteiger partial charge in [-0.2, -0.15) is 8.78 Å². The molecule has 2 aromatic rings. The molecule has 21 heavy (non-hydrogen) atoms. The number of halogens is 3. The van der Waals surface area contributed by atoms with Crippen molar-refractivity contribution in [1.29, 1.82) is 0 Å². The van der Waals surface area contributed by atoms with Crippen molar-refractivity contribution in [2.75, 3.05) is 12.3 Å². The first-order chi connectivity index (χ1) is 9.88. The van der Waals surface area contributed by atoms with Crippen molar-refractivity contribution >= 4 is 11.7 Å². The third-order valence-corrected chi connectivity index (χ3v) is 2.74. The van der Waals surface area contributed by atoms with Crippen LogP contribution < -0.4 is 5.73 Å². The molecule has 0 atom stereocenters. The Hall–Kier alpha value is -2.50. The number of carbonyl (C=O) groups is 1. The average molecular weight is 295 g/mol. The number of ether oxygens (including phenoxy) is 1. The molecule has 0 saturated carbocycles. The normalized spacial score (nSPS) is 11.2. The van der Waals surface area contributed by atoms with Gasteiger partial charge in [-0.3, -0.25) is 0 Å². The van der Waals surface area contributed by atoms with Gasteiger partial charge in [-0.05, 0) is 18.2 Å². The maximum absolute atomic E-state index is 13.8. The number of hydrogen-bond donors (Lipinski definition) is 1. The van der Waals surface area contributed by atoms with Gasteiger partial charge in [-0.25, -0.2) is 9.18 Å². The molecule has 6 heteroatoms. The summed E-state index contributed by atoms with van der Waals surface area (Å²) in [5.41, 5.74) is 4.91. The summed E-state index contributed by atoms with van der Waals surface area (Å²) in [7, 11) is 0. The van der Waals surface area contributed by atoms with Crippen LogP contribution in [0, 0.1) is 5.82 Å². The fourth-order valence-corrected chi connectivity index (χ4v) is 1.74. The Labute approximate surface area is 119 Å². The standard InChI is InChI=1S/C15H12F3NO2/c16-12-6-10(7-13(19)8-12)14(20)21-9-15(17,18)11-4-2-1-3-5-11/h1-8H,9,19H2. The lowest BCUT2D eigenvalue weighted by atomic mass is 10.1. The average Bonchev–Trinajstić information content (AvgIpc) is 2.45. The first kappa shape index (κ1) is 14.9. The van der Waals surface area contributed by atoms with Crippen molar-refractivity contribution in [3.63, 3.8) is 0 Å². The van der Waals surface area contributed by atoms with Gasteiger partial charge in [0.05, 0.1) is 5.56 Å². The molecule has 0 unspecified atom stereocenters. The van der Waals surface area contributed by atoms with Crippen LogP contribution in [0.1, 0.15) is 15.9 Å². The van der Waals surface area contributed by atoms with Gasteiger partial charge in [-0.15, -0.1) is 0 Å². The van der Waals surface area contributed by atoms with E-state index in [0.717, 1.165) is 18.2 Å². The molecule has 0 aliphatic rings. The van der Waals surface area contributed by atoms with Crippen molar-refractivity contribution in [2.45, 2.75) is 5.92 Å². The second-order valence-electron chi connectivity index (χ2n) is 4.42. The fraction of sp³-hybridized carbons (Fsp3) is 0.133. The lowest BCUT2D eigenvalue weighted by Gasteiger charge is -2.16. The summed E-state index contributed by atoms with van der Waals surface area (Å²) in [5.74, 6) is -5.12. The van der Waals surface area contributed by atoms with Crippen LogP contribution in [0.15, 0.2) is 48.5 Å². The first-order valence-corrected chi connectivity index (χ1v) is 6.05. The summed E-state index contributed by atoms with van der Waals surface area (Å²) in [6, 6.07) is 10.0. The monoisotopic (exact) mass is 295 g/mol. The molecule has 3 nitrogen and oxygen atoms in total. The van der Waals surface area contributed by atoms with E-state index in [4.69, 9.17) is 5.73 Å². The molecule has 0 fully saturated rings. The molecule has 0 aliphatic heterocycles. The molecule has 0 saturated heterocycles. The third-order valence-electron chi connectivity index (χ3n) is 2.74. The van der Waals surface area contributed by atoms with Crippen LogP contribution in [0.4, 0.5) is 18.9 Å². The van der Waals surface area contributed by atoms with Crippen molar-refractivity contribution in [3.8, 4) is 0 Å². The predicted molar refractivity (Wildman–Crippen MR) is 71.4 cm³/mol. The van der Waals surface area contributed by atoms with Crippen LogP contribution in [0.25, 0.3) is 0 Å². The summed E-state index contributed by atoms with van der Waals surface area (Å²) in [6.45, 7) is -1.13. The molecule has 2 rings (SSSR count). The van der Waals surface area contributed by atoms with Gasteiger partial charge >= 0.3 is 11.9 Å². The van der Waals surface area contributed by atoms with E-state index in [9.17, 15) is 18.0 Å². The summed E-state index contributed by atoms with van der Waals surface area (Å²) < 4.78 is 45.3. The van der Waals surface area contributed by atoms with E-state index in [1.807, 2.05) is 0 Å². The molecule has 0 radical (unpaired) electrons. The number of nitrogen functional groups attached to an aromatic ring is 1. The van der Waals surface area contributed by atoms with E-state index in [1.165, 1.54) is 24.3 Å². The van der Waals surface area contributed by atoms with Crippen LogP contribution in [0.2, 0.25) is 0 Å². The molecule has 2 N–H and O–H groups in total. The second kappa shape index (κ2) is 5.87. The minimum Gasteiger partial charge on any atom is -0.455 e. The van der Waals surface area contributed by atoms with Crippen LogP contribution in [0.5, 0.6) is 0 Å². The molecular formula is C15H12F3NO2. The Kier molecular flexibility index (Phi) is 4.16. The van der Waals surface area contributed by atoms with E-state index < -0.39 is 24.3 Å². The van der Waals surface area contributed by atoms with E-state index in [1.54, 1.807) is 6.07 Å². The maximum atomic E-state index is 13.8. The van der Waals surface area contributed by atoms with E-state index in [0.29, 0.717) is 0 Å². The molecule has 0 aromatic heterocycles. The Bertz CT molecular complexity index is 624. The minimum absolute atomic E-state index is 0.0109. The summed E-state index contributed by atoms with van der Waals surface area (Å²) >= 11 is 0. The van der Waals surface area contributed by atoms with Gasteiger partial charge in [-0.1, -0.05) is 30.3 Å². The number of benzene rings is 2. The van der Waals surface area contributed by atoms with E-state index in [2.05, 4.69) is 4.74 Å². The molecular weight excluding hydrogens is 283 g/mol. The number of alkyl halides is 2. The van der Waals surface area contributed by atoms with Gasteiger partial charge in [0, 0.05) is 11.3 Å². The second-order valence-corrected chi connectivity index (χ2v) is 4.42. The van der Waals surface area contributed by atoms with E-state index >= 15 is 0 Å². The van der Waals surface area contributed by atoms with E-state index in [-0.39, 0.29) is 16.8 Å². The zero-order chi connectivity index (χ0) is 15.5.